The van der Waals surface area contributed by atoms with Crippen molar-refractivity contribution in [3.05, 3.63) is 66.5 Å². The largest absolute Gasteiger partial charge is 0.737 e. The molecule has 0 radical (unpaired) electrons. The Bertz CT molecular complexity index is 1570. The van der Waals surface area contributed by atoms with Gasteiger partial charge in [0.15, 0.2) is 16.3 Å². The van der Waals surface area contributed by atoms with Crippen LogP contribution in [0.4, 0.5) is 8.63 Å². The van der Waals surface area contributed by atoms with Crippen LogP contribution in [-0.4, -0.2) is 47.6 Å². The molecule has 2 aliphatic heterocycles. The summed E-state index contributed by atoms with van der Waals surface area (Å²) in [6.45, 7) is 0.135. The zero-order valence-electron chi connectivity index (χ0n) is 17.8. The van der Waals surface area contributed by atoms with Crippen molar-refractivity contribution in [3.63, 3.8) is 0 Å². The molecule has 0 unspecified atom stereocenters. The molecule has 2 aliphatic rings. The van der Waals surface area contributed by atoms with Crippen LogP contribution in [-0.2, 0) is 20.2 Å². The normalized spacial score (nSPS) is 18.2. The summed E-state index contributed by atoms with van der Waals surface area (Å²) in [4.78, 5) is -1.25. The van der Waals surface area contributed by atoms with Crippen LogP contribution in [0.25, 0.3) is 5.57 Å². The van der Waals surface area contributed by atoms with Gasteiger partial charge in [-0.2, -0.15) is 16.8 Å². The fourth-order valence-electron chi connectivity index (χ4n) is 4.94. The Hall–Kier alpha value is -1.88. The van der Waals surface area contributed by atoms with Crippen molar-refractivity contribution in [2.24, 2.45) is 0 Å². The molecular weight excluding hydrogens is 592 g/mol. The molecular formula is C19H18BF2IN2O6S2. The highest BCUT2D eigenvalue weighted by Crippen LogP contribution is 2.47. The van der Waals surface area contributed by atoms with E-state index >= 15 is 8.63 Å². The summed E-state index contributed by atoms with van der Waals surface area (Å²) in [6, 6.07) is 6.73. The SMILES string of the molecule is CC1=C(S(=O)(=O)O)C(C)=[N+]2C1=C(c1ccc(I)cc1)c1c(C)c(S(=O)(=O)O)c(C)n1[B-]2(F)F. The molecule has 2 aromatic rings. The highest BCUT2D eigenvalue weighted by Gasteiger charge is 2.58. The lowest BCUT2D eigenvalue weighted by Gasteiger charge is -2.33. The van der Waals surface area contributed by atoms with Gasteiger partial charge in [0.05, 0.1) is 5.57 Å². The van der Waals surface area contributed by atoms with E-state index in [1.54, 1.807) is 24.3 Å². The second-order valence-corrected chi connectivity index (χ2v) is 11.9. The maximum atomic E-state index is 16.0. The average molecular weight is 610 g/mol. The summed E-state index contributed by atoms with van der Waals surface area (Å²) in [7, 11) is -9.69. The Morgan fingerprint density at radius 2 is 1.52 bits per heavy atom. The molecule has 0 fully saturated rings. The fourth-order valence-corrected chi connectivity index (χ4v) is 7.21. The second kappa shape index (κ2) is 7.31. The van der Waals surface area contributed by atoms with Crippen molar-refractivity contribution in [1.29, 1.82) is 0 Å². The smallest absolute Gasteiger partial charge is 0.392 e. The van der Waals surface area contributed by atoms with Gasteiger partial charge in [-0.1, -0.05) is 12.1 Å². The summed E-state index contributed by atoms with van der Waals surface area (Å²) in [5.74, 6) is 0. The van der Waals surface area contributed by atoms with Gasteiger partial charge in [-0.3, -0.25) is 9.11 Å². The molecule has 8 nitrogen and oxygen atoms in total. The van der Waals surface area contributed by atoms with Gasteiger partial charge in [0.1, 0.15) is 4.90 Å². The van der Waals surface area contributed by atoms with Gasteiger partial charge in [0.2, 0.25) is 0 Å². The molecule has 0 bridgehead atoms. The standard InChI is InChI=1S/C19H18BF2IN2O6S2/c1-9-16-15(13-5-7-14(23)8-6-13)17-10(2)19(33(29,30)31)12(4)25(17)20(21,22)24(16)11(3)18(9)32(26,27)28/h5-8H,1-4H3,(H,26,27,28)(H,29,30,31). The predicted octanol–water partition coefficient (Wildman–Crippen LogP) is 3.60. The summed E-state index contributed by atoms with van der Waals surface area (Å²) in [6.07, 6.45) is 0. The number of aromatic nitrogens is 1. The van der Waals surface area contributed by atoms with Gasteiger partial charge in [-0.15, -0.1) is 0 Å². The number of hydrogen-bond acceptors (Lipinski definition) is 4. The lowest BCUT2D eigenvalue weighted by atomic mass is 9.84. The minimum absolute atomic E-state index is 0.0944. The van der Waals surface area contributed by atoms with Crippen molar-refractivity contribution in [1.82, 2.24) is 4.48 Å². The first-order valence-corrected chi connectivity index (χ1v) is 13.5. The molecule has 0 spiro atoms. The number of rotatable bonds is 3. The summed E-state index contributed by atoms with van der Waals surface area (Å²) in [5, 5.41) is 0. The van der Waals surface area contributed by atoms with E-state index in [0.29, 0.717) is 14.5 Å². The minimum atomic E-state index is -4.85. The first-order valence-electron chi connectivity index (χ1n) is 9.55. The Morgan fingerprint density at radius 3 is 2.00 bits per heavy atom. The maximum Gasteiger partial charge on any atom is 0.737 e. The molecule has 176 valence electrons. The van der Waals surface area contributed by atoms with Crippen molar-refractivity contribution in [2.75, 3.05) is 0 Å². The first-order chi connectivity index (χ1) is 15.0. The van der Waals surface area contributed by atoms with Gasteiger partial charge in [0.25, 0.3) is 10.1 Å². The highest BCUT2D eigenvalue weighted by atomic mass is 127. The molecule has 0 aliphatic carbocycles. The third-order valence-electron chi connectivity index (χ3n) is 6.00. The molecule has 4 rings (SSSR count). The van der Waals surface area contributed by atoms with E-state index in [-0.39, 0.29) is 39.5 Å². The van der Waals surface area contributed by atoms with E-state index in [0.717, 1.165) is 17.4 Å². The quantitative estimate of drug-likeness (QED) is 0.312. The second-order valence-electron chi connectivity index (χ2n) is 7.94. The third kappa shape index (κ3) is 3.37. The van der Waals surface area contributed by atoms with Crippen LogP contribution in [0.5, 0.6) is 0 Å². The summed E-state index contributed by atoms with van der Waals surface area (Å²) < 4.78 is 102. The Labute approximate surface area is 203 Å². The van der Waals surface area contributed by atoms with E-state index in [9.17, 15) is 25.9 Å². The molecule has 0 amide bonds. The molecule has 0 saturated carbocycles. The van der Waals surface area contributed by atoms with E-state index in [1.807, 2.05) is 0 Å². The van der Waals surface area contributed by atoms with Gasteiger partial charge in [-0.25, -0.2) is 0 Å². The number of nitrogens with zero attached hydrogens (tertiary/aromatic N) is 2. The van der Waals surface area contributed by atoms with Crippen LogP contribution in [0, 0.1) is 17.4 Å². The van der Waals surface area contributed by atoms with Crippen molar-refractivity contribution >= 4 is 61.1 Å². The topological polar surface area (TPSA) is 117 Å². The molecule has 3 heterocycles. The third-order valence-corrected chi connectivity index (χ3v) is 8.95. The van der Waals surface area contributed by atoms with Crippen LogP contribution < -0.4 is 0 Å². The van der Waals surface area contributed by atoms with Crippen molar-refractivity contribution < 1.29 is 39.1 Å². The van der Waals surface area contributed by atoms with Gasteiger partial charge >= 0.3 is 17.1 Å². The number of halogens is 3. The van der Waals surface area contributed by atoms with E-state index in [4.69, 9.17) is 0 Å². The first kappa shape index (κ1) is 24.3. The number of hydrogen-bond donors (Lipinski definition) is 2. The lowest BCUT2D eigenvalue weighted by Crippen LogP contribution is -2.51. The predicted molar refractivity (Wildman–Crippen MR) is 127 cm³/mol. The summed E-state index contributed by atoms with van der Waals surface area (Å²) >= 11 is 2.06. The molecule has 0 atom stereocenters. The van der Waals surface area contributed by atoms with Crippen molar-refractivity contribution in [2.45, 2.75) is 32.6 Å². The van der Waals surface area contributed by atoms with Gasteiger partial charge < -0.3 is 17.6 Å². The van der Waals surface area contributed by atoms with Crippen LogP contribution in [0.3, 0.4) is 0 Å². The summed E-state index contributed by atoms with van der Waals surface area (Å²) in [5.41, 5.74) is -0.682. The highest BCUT2D eigenvalue weighted by molar-refractivity contribution is 14.1. The molecule has 33 heavy (non-hydrogen) atoms. The van der Waals surface area contributed by atoms with Gasteiger partial charge in [-0.05, 0) is 66.6 Å². The molecule has 14 heteroatoms. The van der Waals surface area contributed by atoms with E-state index in [2.05, 4.69) is 22.6 Å². The zero-order chi connectivity index (χ0) is 24.8. The molecule has 1 aromatic heterocycles. The fraction of sp³-hybridized carbons (Fsp3) is 0.211. The average Bonchev–Trinajstić information content (AvgIpc) is 3.07. The molecule has 2 N–H and O–H groups in total. The van der Waals surface area contributed by atoms with E-state index < -0.39 is 37.0 Å². The number of allylic oxidation sites excluding steroid dienone is 2. The minimum Gasteiger partial charge on any atom is -0.392 e. The Morgan fingerprint density at radius 1 is 0.970 bits per heavy atom. The van der Waals surface area contributed by atoms with Crippen LogP contribution >= 0.6 is 22.6 Å². The Balaban J connectivity index is 2.31. The van der Waals surface area contributed by atoms with Crippen LogP contribution in [0.15, 0.2) is 45.3 Å². The maximum absolute atomic E-state index is 16.0. The molecule has 1 aromatic carbocycles. The van der Waals surface area contributed by atoms with Crippen LogP contribution in [0.1, 0.15) is 36.4 Å². The number of benzene rings is 1. The van der Waals surface area contributed by atoms with Crippen LogP contribution in [0.2, 0.25) is 0 Å². The van der Waals surface area contributed by atoms with E-state index in [1.165, 1.54) is 13.8 Å². The monoisotopic (exact) mass is 610 g/mol. The lowest BCUT2D eigenvalue weighted by molar-refractivity contribution is -0.363. The molecule has 0 saturated heterocycles. The van der Waals surface area contributed by atoms with Gasteiger partial charge in [0, 0.05) is 27.5 Å². The van der Waals surface area contributed by atoms with Crippen molar-refractivity contribution in [3.8, 4) is 0 Å². The zero-order valence-corrected chi connectivity index (χ0v) is 21.5. The Kier molecular flexibility index (Phi) is 5.37. The number of fused-ring (bicyclic) bond motifs is 2.